The minimum Gasteiger partial charge on any atom is -0.481 e. The first kappa shape index (κ1) is 18.7. The minimum absolute atomic E-state index is 0.0417. The highest BCUT2D eigenvalue weighted by Crippen LogP contribution is 1.97. The maximum absolute atomic E-state index is 10.4. The molecule has 0 bridgehead atoms. The average Bonchev–Trinajstić information content (AvgIpc) is 2.24. The molecule has 0 saturated carbocycles. The van der Waals surface area contributed by atoms with Crippen LogP contribution < -0.4 is 10.6 Å². The summed E-state index contributed by atoms with van der Waals surface area (Å²) in [7, 11) is 1.59. The van der Waals surface area contributed by atoms with Crippen LogP contribution in [0.2, 0.25) is 0 Å². The van der Waals surface area contributed by atoms with E-state index in [0.29, 0.717) is 6.54 Å². The number of carboxylic acid groups (broad SMARTS) is 3. The van der Waals surface area contributed by atoms with Crippen LogP contribution in [0, 0.1) is 0 Å². The summed E-state index contributed by atoms with van der Waals surface area (Å²) in [6.45, 7) is 2.34. The summed E-state index contributed by atoms with van der Waals surface area (Å²) < 4.78 is 0. The van der Waals surface area contributed by atoms with Gasteiger partial charge in [-0.05, 0) is 20.0 Å². The predicted molar refractivity (Wildman–Crippen MR) is 63.5 cm³/mol. The zero-order chi connectivity index (χ0) is 14.6. The molecule has 0 rings (SSSR count). The van der Waals surface area contributed by atoms with Crippen molar-refractivity contribution in [3.05, 3.63) is 0 Å². The smallest absolute Gasteiger partial charge is 0.320 e. The molecule has 0 aliphatic carbocycles. The van der Waals surface area contributed by atoms with Crippen molar-refractivity contribution in [1.29, 1.82) is 0 Å². The molecule has 8 heteroatoms. The van der Waals surface area contributed by atoms with Gasteiger partial charge in [-0.25, -0.2) is 0 Å². The lowest BCUT2D eigenvalue weighted by atomic mass is 10.1. The van der Waals surface area contributed by atoms with Gasteiger partial charge in [-0.15, -0.1) is 0 Å². The molecule has 0 amide bonds. The third kappa shape index (κ3) is 14.3. The van der Waals surface area contributed by atoms with Crippen molar-refractivity contribution in [1.82, 2.24) is 10.6 Å². The number of carboxylic acids is 3. The third-order valence-corrected chi connectivity index (χ3v) is 1.72. The van der Waals surface area contributed by atoms with Gasteiger partial charge >= 0.3 is 17.9 Å². The van der Waals surface area contributed by atoms with E-state index in [1.54, 1.807) is 14.0 Å². The molecule has 1 unspecified atom stereocenters. The van der Waals surface area contributed by atoms with Crippen LogP contribution in [0.25, 0.3) is 0 Å². The fourth-order valence-electron chi connectivity index (χ4n) is 0.978. The zero-order valence-electron chi connectivity index (χ0n) is 10.5. The van der Waals surface area contributed by atoms with Gasteiger partial charge in [0.15, 0.2) is 0 Å². The van der Waals surface area contributed by atoms with Crippen LogP contribution in [0.15, 0.2) is 0 Å². The summed E-state index contributed by atoms with van der Waals surface area (Å²) in [5.41, 5.74) is 0. The molecule has 0 aromatic heterocycles. The zero-order valence-corrected chi connectivity index (χ0v) is 10.5. The number of hydrogen-bond acceptors (Lipinski definition) is 5. The van der Waals surface area contributed by atoms with E-state index in [2.05, 4.69) is 10.6 Å². The summed E-state index contributed by atoms with van der Waals surface area (Å²) in [4.78, 5) is 30.1. The summed E-state index contributed by atoms with van der Waals surface area (Å²) in [6.07, 6.45) is 0.00245. The molecular formula is C10H20N2O6. The molecule has 0 aliphatic heterocycles. The highest BCUT2D eigenvalue weighted by molar-refractivity contribution is 5.75. The molecule has 5 N–H and O–H groups in total. The summed E-state index contributed by atoms with van der Waals surface area (Å²) in [6, 6.07) is -0.744. The van der Waals surface area contributed by atoms with Crippen LogP contribution in [0.4, 0.5) is 0 Å². The van der Waals surface area contributed by atoms with Gasteiger partial charge in [0.05, 0.1) is 6.54 Å². The topological polar surface area (TPSA) is 136 Å². The van der Waals surface area contributed by atoms with Gasteiger partial charge < -0.3 is 26.0 Å². The molecule has 0 aromatic rings. The van der Waals surface area contributed by atoms with Crippen molar-refractivity contribution < 1.29 is 29.7 Å². The molecule has 18 heavy (non-hydrogen) atoms. The van der Waals surface area contributed by atoms with E-state index < -0.39 is 23.9 Å². The Hall–Kier alpha value is -1.67. The molecule has 0 saturated heterocycles. The van der Waals surface area contributed by atoms with Crippen LogP contribution in [0.1, 0.15) is 19.8 Å². The second-order valence-electron chi connectivity index (χ2n) is 3.30. The van der Waals surface area contributed by atoms with E-state index in [1.165, 1.54) is 0 Å². The standard InChI is InChI=1S/C7H13NO4.C3H7NO2/c1-2-8-5(7(11)12)3-4-6(9)10;1-4-2-3(5)6/h5,8H,2-4H2,1H3,(H,9,10)(H,11,12);4H,2H2,1H3,(H,5,6). The Morgan fingerprint density at radius 1 is 1.11 bits per heavy atom. The van der Waals surface area contributed by atoms with Crippen LogP contribution in [0.5, 0.6) is 0 Å². The second kappa shape index (κ2) is 11.8. The Morgan fingerprint density at radius 3 is 1.89 bits per heavy atom. The van der Waals surface area contributed by atoms with Gasteiger partial charge in [0.1, 0.15) is 6.04 Å². The maximum Gasteiger partial charge on any atom is 0.320 e. The Bertz CT molecular complexity index is 269. The minimum atomic E-state index is -1.00. The average molecular weight is 264 g/mol. The van der Waals surface area contributed by atoms with E-state index in [1.807, 2.05) is 0 Å². The summed E-state index contributed by atoms with van der Waals surface area (Å²) >= 11 is 0. The van der Waals surface area contributed by atoms with E-state index in [4.69, 9.17) is 15.3 Å². The van der Waals surface area contributed by atoms with Gasteiger partial charge in [-0.2, -0.15) is 0 Å². The number of rotatable bonds is 8. The Kier molecular flexibility index (Phi) is 12.3. The molecule has 1 atom stereocenters. The fourth-order valence-corrected chi connectivity index (χ4v) is 0.978. The van der Waals surface area contributed by atoms with Gasteiger partial charge in [-0.3, -0.25) is 14.4 Å². The quantitative estimate of drug-likeness (QED) is 0.384. The first-order chi connectivity index (χ1) is 8.34. The number of carbonyl (C=O) groups is 3. The summed E-state index contributed by atoms with van der Waals surface area (Å²) in [5, 5.41) is 29.8. The van der Waals surface area contributed by atoms with Gasteiger partial charge in [0.25, 0.3) is 0 Å². The van der Waals surface area contributed by atoms with Gasteiger partial charge in [0, 0.05) is 6.42 Å². The lowest BCUT2D eigenvalue weighted by molar-refractivity contribution is -0.141. The van der Waals surface area contributed by atoms with E-state index in [9.17, 15) is 14.4 Å². The van der Waals surface area contributed by atoms with Crippen LogP contribution in [-0.2, 0) is 14.4 Å². The molecule has 0 spiro atoms. The third-order valence-electron chi connectivity index (χ3n) is 1.72. The normalized spacial score (nSPS) is 11.0. The van der Waals surface area contributed by atoms with Crippen molar-refractivity contribution in [2.24, 2.45) is 0 Å². The first-order valence-electron chi connectivity index (χ1n) is 5.39. The molecule has 0 heterocycles. The Balaban J connectivity index is 0. The van der Waals surface area contributed by atoms with Crippen LogP contribution >= 0.6 is 0 Å². The molecule has 0 fully saturated rings. The fraction of sp³-hybridized carbons (Fsp3) is 0.700. The lowest BCUT2D eigenvalue weighted by Crippen LogP contribution is -2.36. The molecular weight excluding hydrogens is 244 g/mol. The lowest BCUT2D eigenvalue weighted by Gasteiger charge is -2.10. The Labute approximate surface area is 105 Å². The number of aliphatic carboxylic acids is 3. The van der Waals surface area contributed by atoms with Gasteiger partial charge in [-0.1, -0.05) is 6.92 Å². The first-order valence-corrected chi connectivity index (χ1v) is 5.39. The van der Waals surface area contributed by atoms with Crippen LogP contribution in [0.3, 0.4) is 0 Å². The van der Waals surface area contributed by atoms with E-state index in [0.717, 1.165) is 0 Å². The Morgan fingerprint density at radius 2 is 1.67 bits per heavy atom. The van der Waals surface area contributed by atoms with E-state index >= 15 is 0 Å². The summed E-state index contributed by atoms with van der Waals surface area (Å²) in [5.74, 6) is -2.80. The van der Waals surface area contributed by atoms with Crippen molar-refractivity contribution >= 4 is 17.9 Å². The van der Waals surface area contributed by atoms with Crippen molar-refractivity contribution in [3.63, 3.8) is 0 Å². The highest BCUT2D eigenvalue weighted by Gasteiger charge is 2.16. The predicted octanol–water partition coefficient (Wildman–Crippen LogP) is -0.796. The van der Waals surface area contributed by atoms with E-state index in [-0.39, 0.29) is 19.4 Å². The SMILES string of the molecule is CCNC(CCC(=O)O)C(=O)O.CNCC(=O)O. The second-order valence-corrected chi connectivity index (χ2v) is 3.30. The van der Waals surface area contributed by atoms with Crippen molar-refractivity contribution in [2.45, 2.75) is 25.8 Å². The van der Waals surface area contributed by atoms with Crippen molar-refractivity contribution in [2.75, 3.05) is 20.1 Å². The number of likely N-dealkylation sites (N-methyl/N-ethyl adjacent to an activating group) is 2. The maximum atomic E-state index is 10.4. The van der Waals surface area contributed by atoms with Gasteiger partial charge in [0.2, 0.25) is 0 Å². The molecule has 0 radical (unpaired) electrons. The largest absolute Gasteiger partial charge is 0.481 e. The monoisotopic (exact) mass is 264 g/mol. The van der Waals surface area contributed by atoms with Crippen LogP contribution in [-0.4, -0.2) is 59.4 Å². The number of nitrogens with one attached hydrogen (secondary N) is 2. The molecule has 8 nitrogen and oxygen atoms in total. The molecule has 106 valence electrons. The number of hydrogen-bond donors (Lipinski definition) is 5. The molecule has 0 aliphatic rings. The molecule has 0 aromatic carbocycles. The highest BCUT2D eigenvalue weighted by atomic mass is 16.4. The van der Waals surface area contributed by atoms with Crippen molar-refractivity contribution in [3.8, 4) is 0 Å².